The monoisotopic (exact) mass is 283 g/mol. The van der Waals surface area contributed by atoms with Gasteiger partial charge in [-0.1, -0.05) is 22.8 Å². The van der Waals surface area contributed by atoms with Crippen LogP contribution in [-0.4, -0.2) is 28.3 Å². The van der Waals surface area contributed by atoms with E-state index in [1.165, 1.54) is 25.2 Å². The Balaban J connectivity index is 0.000000250. The lowest BCUT2D eigenvalue weighted by atomic mass is 9.80. The number of rotatable bonds is 2. The number of carboxylic acid groups (broad SMARTS) is 2. The van der Waals surface area contributed by atoms with Crippen LogP contribution in [0.5, 0.6) is 0 Å². The normalized spacial score (nSPS) is 26.4. The molecule has 0 fully saturated rings. The molecule has 1 aliphatic heterocycles. The van der Waals surface area contributed by atoms with E-state index in [1.54, 1.807) is 5.82 Å². The highest BCUT2D eigenvalue weighted by atomic mass is 31.1. The van der Waals surface area contributed by atoms with Crippen LogP contribution in [0.25, 0.3) is 0 Å². The van der Waals surface area contributed by atoms with Gasteiger partial charge in [-0.2, -0.15) is 0 Å². The van der Waals surface area contributed by atoms with E-state index in [0.29, 0.717) is 0 Å². The molecule has 0 amide bonds. The summed E-state index contributed by atoms with van der Waals surface area (Å²) >= 11 is 0. The molecule has 19 heavy (non-hydrogen) atoms. The zero-order valence-electron chi connectivity index (χ0n) is 10.6. The van der Waals surface area contributed by atoms with E-state index in [1.807, 2.05) is 6.08 Å². The second kappa shape index (κ2) is 6.43. The molecule has 0 bridgehead atoms. The van der Waals surface area contributed by atoms with Crippen molar-refractivity contribution >= 4 is 19.7 Å². The Labute approximate surface area is 112 Å². The molecule has 0 aromatic carbocycles. The summed E-state index contributed by atoms with van der Waals surface area (Å²) in [7, 11) is -0.896. The third-order valence-electron chi connectivity index (χ3n) is 2.87. The molecule has 1 aliphatic carbocycles. The van der Waals surface area contributed by atoms with Crippen molar-refractivity contribution in [3.05, 3.63) is 35.7 Å². The molecule has 5 nitrogen and oxygen atoms in total. The van der Waals surface area contributed by atoms with Crippen molar-refractivity contribution in [2.75, 3.05) is 6.16 Å². The minimum atomic E-state index is -1.08. The minimum Gasteiger partial charge on any atom is -0.481 e. The maximum Gasteiger partial charge on any atom is 0.369 e. The van der Waals surface area contributed by atoms with Gasteiger partial charge >= 0.3 is 19.7 Å². The van der Waals surface area contributed by atoms with E-state index in [0.717, 1.165) is 12.6 Å². The van der Waals surface area contributed by atoms with Gasteiger partial charge in [0.25, 0.3) is 0 Å². The van der Waals surface area contributed by atoms with Crippen molar-refractivity contribution in [2.24, 2.45) is 5.41 Å². The smallest absolute Gasteiger partial charge is 0.369 e. The van der Waals surface area contributed by atoms with Gasteiger partial charge in [-0.3, -0.25) is 4.79 Å². The van der Waals surface area contributed by atoms with Gasteiger partial charge in [-0.25, -0.2) is 4.79 Å². The molecular formula is C13H16O5P+. The largest absolute Gasteiger partial charge is 0.481 e. The molecule has 2 atom stereocenters. The van der Waals surface area contributed by atoms with Gasteiger partial charge in [0.15, 0.2) is 12.0 Å². The summed E-state index contributed by atoms with van der Waals surface area (Å²) < 4.78 is 10.3. The van der Waals surface area contributed by atoms with Gasteiger partial charge in [0.1, 0.15) is 0 Å². The number of carboxylic acids is 2. The van der Waals surface area contributed by atoms with E-state index < -0.39 is 25.2 Å². The predicted molar refractivity (Wildman–Crippen MR) is 71.4 cm³/mol. The van der Waals surface area contributed by atoms with Gasteiger partial charge in [-0.05, 0) is 19.4 Å². The highest BCUT2D eigenvalue weighted by Gasteiger charge is 2.34. The van der Waals surface area contributed by atoms with Crippen molar-refractivity contribution < 1.29 is 24.4 Å². The van der Waals surface area contributed by atoms with Crippen LogP contribution in [0.2, 0.25) is 0 Å². The second-order valence-electron chi connectivity index (χ2n) is 4.57. The summed E-state index contributed by atoms with van der Waals surface area (Å²) in [5.74, 6) is -0.276. The lowest BCUT2D eigenvalue weighted by Gasteiger charge is -2.23. The van der Waals surface area contributed by atoms with Crippen molar-refractivity contribution in [1.82, 2.24) is 0 Å². The molecule has 1 heterocycles. The third-order valence-corrected chi connectivity index (χ3v) is 4.11. The molecule has 2 aliphatic rings. The van der Waals surface area contributed by atoms with Gasteiger partial charge < -0.3 is 10.2 Å². The summed E-state index contributed by atoms with van der Waals surface area (Å²) in [6.07, 6.45) is 8.31. The third kappa shape index (κ3) is 4.45. The van der Waals surface area contributed by atoms with Crippen molar-refractivity contribution in [3.63, 3.8) is 0 Å². The number of hydrogen-bond acceptors (Lipinski definition) is 3. The molecule has 2 N–H and O–H groups in total. The Morgan fingerprint density at radius 1 is 1.37 bits per heavy atom. The summed E-state index contributed by atoms with van der Waals surface area (Å²) in [6, 6.07) is 0. The quantitative estimate of drug-likeness (QED) is 0.760. The molecule has 2 unspecified atom stereocenters. The van der Waals surface area contributed by atoms with Crippen LogP contribution in [0.1, 0.15) is 19.8 Å². The SMILES string of the molecule is CC1(C(=O)O)C=CC=C(C(=O)O)C1.O=[P+]1C=CCC1. The average Bonchev–Trinajstić information content (AvgIpc) is 2.81. The first-order chi connectivity index (χ1) is 8.85. The molecular weight excluding hydrogens is 267 g/mol. The number of allylic oxidation sites excluding steroid dienone is 3. The highest BCUT2D eigenvalue weighted by Crippen LogP contribution is 2.31. The standard InChI is InChI=1S/C9H10O4.C4H6OP/c1-9(8(12)13)4-2-3-6(5-9)7(10)11;5-6-3-1-2-4-6/h2-4H,5H2,1H3,(H,10,11)(H,12,13);1,3H,2,4H2/q;+1. The van der Waals surface area contributed by atoms with Crippen molar-refractivity contribution in [2.45, 2.75) is 19.8 Å². The van der Waals surface area contributed by atoms with E-state index in [4.69, 9.17) is 10.2 Å². The molecule has 2 rings (SSSR count). The van der Waals surface area contributed by atoms with Gasteiger partial charge in [0.2, 0.25) is 0 Å². The molecule has 0 aromatic rings. The summed E-state index contributed by atoms with van der Waals surface area (Å²) in [6.45, 7) is 1.50. The molecule has 0 aromatic heterocycles. The van der Waals surface area contributed by atoms with Gasteiger partial charge in [0, 0.05) is 12.0 Å². The van der Waals surface area contributed by atoms with Crippen LogP contribution >= 0.6 is 7.80 Å². The Kier molecular flexibility index (Phi) is 5.19. The van der Waals surface area contributed by atoms with Crippen LogP contribution in [-0.2, 0) is 14.2 Å². The molecule has 0 saturated carbocycles. The van der Waals surface area contributed by atoms with Crippen molar-refractivity contribution in [3.8, 4) is 0 Å². The van der Waals surface area contributed by atoms with E-state index >= 15 is 0 Å². The maximum absolute atomic E-state index is 10.8. The van der Waals surface area contributed by atoms with E-state index in [2.05, 4.69) is 0 Å². The Morgan fingerprint density at radius 2 is 2.05 bits per heavy atom. The molecule has 0 saturated heterocycles. The van der Waals surface area contributed by atoms with Crippen molar-refractivity contribution in [1.29, 1.82) is 0 Å². The minimum absolute atomic E-state index is 0.0359. The van der Waals surface area contributed by atoms with Gasteiger partial charge in [-0.15, -0.1) is 0 Å². The highest BCUT2D eigenvalue weighted by molar-refractivity contribution is 7.48. The maximum atomic E-state index is 10.8. The van der Waals surface area contributed by atoms with Crippen LogP contribution in [0.4, 0.5) is 0 Å². The second-order valence-corrected chi connectivity index (χ2v) is 6.15. The number of hydrogen-bond donors (Lipinski definition) is 2. The fourth-order valence-electron chi connectivity index (χ4n) is 1.65. The first kappa shape index (κ1) is 15.3. The molecule has 102 valence electrons. The lowest BCUT2D eigenvalue weighted by molar-refractivity contribution is -0.145. The average molecular weight is 283 g/mol. The molecule has 6 heteroatoms. The van der Waals surface area contributed by atoms with Crippen LogP contribution in [0.3, 0.4) is 0 Å². The Bertz CT molecular complexity index is 489. The first-order valence-corrected chi connectivity index (χ1v) is 7.32. The summed E-state index contributed by atoms with van der Waals surface area (Å²) in [5.41, 5.74) is -0.949. The topological polar surface area (TPSA) is 91.7 Å². The molecule has 0 radical (unpaired) electrons. The van der Waals surface area contributed by atoms with E-state index in [9.17, 15) is 14.2 Å². The summed E-state index contributed by atoms with van der Waals surface area (Å²) in [4.78, 5) is 21.3. The zero-order chi connectivity index (χ0) is 14.5. The summed E-state index contributed by atoms with van der Waals surface area (Å²) in [5, 5.41) is 17.5. The lowest BCUT2D eigenvalue weighted by Crippen LogP contribution is -2.28. The predicted octanol–water partition coefficient (Wildman–Crippen LogP) is 2.78. The fraction of sp³-hybridized carbons (Fsp3) is 0.385. The Morgan fingerprint density at radius 3 is 2.42 bits per heavy atom. The Hall–Kier alpha value is -1.74. The zero-order valence-corrected chi connectivity index (χ0v) is 11.5. The first-order valence-electron chi connectivity index (χ1n) is 5.81. The van der Waals surface area contributed by atoms with Crippen LogP contribution in [0, 0.1) is 5.41 Å². The molecule has 0 spiro atoms. The van der Waals surface area contributed by atoms with Crippen LogP contribution in [0.15, 0.2) is 35.7 Å². The van der Waals surface area contributed by atoms with Gasteiger partial charge in [0.05, 0.1) is 5.41 Å². The number of carbonyl (C=O) groups is 2. The number of aliphatic carboxylic acids is 2. The van der Waals surface area contributed by atoms with Crippen LogP contribution < -0.4 is 0 Å². The fourth-order valence-corrected chi connectivity index (χ4v) is 2.59. The van der Waals surface area contributed by atoms with E-state index in [-0.39, 0.29) is 12.0 Å².